The second kappa shape index (κ2) is 5.79. The van der Waals surface area contributed by atoms with E-state index in [0.29, 0.717) is 16.6 Å². The van der Waals surface area contributed by atoms with Crippen molar-refractivity contribution in [2.24, 2.45) is 7.05 Å². The molecule has 0 amide bonds. The number of nitrogens with one attached hydrogen (secondary N) is 1. The van der Waals surface area contributed by atoms with Crippen LogP contribution in [0, 0.1) is 0 Å². The highest BCUT2D eigenvalue weighted by Crippen LogP contribution is 2.25. The minimum atomic E-state index is 0.249. The Bertz CT molecular complexity index is 528. The lowest BCUT2D eigenvalue weighted by Gasteiger charge is -2.07. The van der Waals surface area contributed by atoms with Gasteiger partial charge in [0.15, 0.2) is 6.61 Å². The topological polar surface area (TPSA) is 64.9 Å². The number of nitrogens with zero attached hydrogens (tertiary/aromatic N) is 4. The number of halogens is 1. The molecule has 0 aliphatic heterocycles. The zero-order chi connectivity index (χ0) is 13.0. The van der Waals surface area contributed by atoms with Crippen molar-refractivity contribution >= 4 is 11.6 Å². The Balaban J connectivity index is 2.01. The fraction of sp³-hybridized carbons (Fsp3) is 0.364. The van der Waals surface area contributed by atoms with Gasteiger partial charge in [-0.1, -0.05) is 17.7 Å². The first-order valence-electron chi connectivity index (χ1n) is 5.47. The molecule has 1 aromatic heterocycles. The molecule has 0 aliphatic rings. The van der Waals surface area contributed by atoms with Crippen LogP contribution in [0.3, 0.4) is 0 Å². The van der Waals surface area contributed by atoms with Gasteiger partial charge < -0.3 is 10.1 Å². The summed E-state index contributed by atoms with van der Waals surface area (Å²) < 4.78 is 5.54. The number of rotatable bonds is 5. The van der Waals surface area contributed by atoms with E-state index in [9.17, 15) is 0 Å². The highest BCUT2D eigenvalue weighted by molar-refractivity contribution is 6.32. The first kappa shape index (κ1) is 12.8. The lowest BCUT2D eigenvalue weighted by molar-refractivity contribution is 0.295. The third-order valence-corrected chi connectivity index (χ3v) is 2.58. The molecule has 1 heterocycles. The summed E-state index contributed by atoms with van der Waals surface area (Å²) in [6.45, 7) is 1.02. The zero-order valence-electron chi connectivity index (χ0n) is 10.2. The number of aryl methyl sites for hydroxylation is 1. The van der Waals surface area contributed by atoms with E-state index >= 15 is 0 Å². The highest BCUT2D eigenvalue weighted by atomic mass is 35.5. The van der Waals surface area contributed by atoms with Gasteiger partial charge in [-0.15, -0.1) is 10.2 Å². The lowest BCUT2D eigenvalue weighted by Crippen LogP contribution is -2.05. The second-order valence-corrected chi connectivity index (χ2v) is 4.19. The molecule has 96 valence electrons. The van der Waals surface area contributed by atoms with Crippen molar-refractivity contribution in [2.45, 2.75) is 13.2 Å². The molecule has 0 aliphatic carbocycles. The molecule has 0 fully saturated rings. The Morgan fingerprint density at radius 3 is 2.89 bits per heavy atom. The van der Waals surface area contributed by atoms with Crippen LogP contribution >= 0.6 is 11.6 Å². The van der Waals surface area contributed by atoms with E-state index in [2.05, 4.69) is 20.7 Å². The summed E-state index contributed by atoms with van der Waals surface area (Å²) in [7, 11) is 3.59. The summed E-state index contributed by atoms with van der Waals surface area (Å²) in [5.41, 5.74) is 1.10. The van der Waals surface area contributed by atoms with Gasteiger partial charge in [0.1, 0.15) is 5.75 Å². The summed E-state index contributed by atoms with van der Waals surface area (Å²) >= 11 is 6.12. The van der Waals surface area contributed by atoms with Crippen LogP contribution in [0.25, 0.3) is 0 Å². The van der Waals surface area contributed by atoms with Crippen LogP contribution in [0.4, 0.5) is 0 Å². The maximum atomic E-state index is 6.12. The molecule has 0 bridgehead atoms. The van der Waals surface area contributed by atoms with Crippen LogP contribution in [0.5, 0.6) is 5.75 Å². The predicted molar refractivity (Wildman–Crippen MR) is 67.3 cm³/mol. The third kappa shape index (κ3) is 3.18. The minimum absolute atomic E-state index is 0.249. The fourth-order valence-corrected chi connectivity index (χ4v) is 1.76. The average molecular weight is 268 g/mol. The summed E-state index contributed by atoms with van der Waals surface area (Å²) in [5.74, 6) is 1.14. The predicted octanol–water partition coefficient (Wildman–Crippen LogP) is 1.16. The normalized spacial score (nSPS) is 10.6. The minimum Gasteiger partial charge on any atom is -0.484 e. The second-order valence-electron chi connectivity index (χ2n) is 3.78. The van der Waals surface area contributed by atoms with Crippen molar-refractivity contribution in [1.29, 1.82) is 0 Å². The van der Waals surface area contributed by atoms with Gasteiger partial charge in [0.05, 0.1) is 12.1 Å². The maximum Gasteiger partial charge on any atom is 0.212 e. The Kier molecular flexibility index (Phi) is 4.11. The van der Waals surface area contributed by atoms with Gasteiger partial charge in [-0.3, -0.25) is 0 Å². The van der Waals surface area contributed by atoms with E-state index in [4.69, 9.17) is 16.3 Å². The number of hydrogen-bond donors (Lipinski definition) is 1. The SMILES string of the molecule is CNCc1ccc(OCc2nnn(C)n2)c(Cl)c1. The van der Waals surface area contributed by atoms with Crippen LogP contribution in [-0.2, 0) is 20.2 Å². The summed E-state index contributed by atoms with van der Waals surface area (Å²) in [5, 5.41) is 15.2. The largest absolute Gasteiger partial charge is 0.484 e. The number of ether oxygens (including phenoxy) is 1. The van der Waals surface area contributed by atoms with Gasteiger partial charge in [0, 0.05) is 6.54 Å². The smallest absolute Gasteiger partial charge is 0.212 e. The quantitative estimate of drug-likeness (QED) is 0.881. The molecule has 0 radical (unpaired) electrons. The molecule has 2 rings (SSSR count). The number of tetrazole rings is 1. The Hall–Kier alpha value is -1.66. The fourth-order valence-electron chi connectivity index (χ4n) is 1.50. The van der Waals surface area contributed by atoms with Crippen LogP contribution in [0.2, 0.25) is 5.02 Å². The molecule has 6 nitrogen and oxygen atoms in total. The number of hydrogen-bond acceptors (Lipinski definition) is 5. The monoisotopic (exact) mass is 267 g/mol. The first-order chi connectivity index (χ1) is 8.69. The van der Waals surface area contributed by atoms with Crippen LogP contribution in [0.15, 0.2) is 18.2 Å². The molecule has 1 aromatic carbocycles. The van der Waals surface area contributed by atoms with E-state index in [1.165, 1.54) is 4.80 Å². The standard InChI is InChI=1S/C11H14ClN5O/c1-13-6-8-3-4-10(9(12)5-8)18-7-11-14-16-17(2)15-11/h3-5,13H,6-7H2,1-2H3. The molecule has 0 unspecified atom stereocenters. The van der Waals surface area contributed by atoms with Gasteiger partial charge in [-0.25, -0.2) is 0 Å². The van der Waals surface area contributed by atoms with Crippen molar-refractivity contribution in [1.82, 2.24) is 25.5 Å². The molecule has 18 heavy (non-hydrogen) atoms. The Morgan fingerprint density at radius 1 is 1.44 bits per heavy atom. The number of benzene rings is 1. The first-order valence-corrected chi connectivity index (χ1v) is 5.85. The molecule has 2 aromatic rings. The molecular weight excluding hydrogens is 254 g/mol. The number of aromatic nitrogens is 4. The van der Waals surface area contributed by atoms with Crippen molar-refractivity contribution < 1.29 is 4.74 Å². The van der Waals surface area contributed by atoms with E-state index in [-0.39, 0.29) is 6.61 Å². The maximum absolute atomic E-state index is 6.12. The van der Waals surface area contributed by atoms with Gasteiger partial charge >= 0.3 is 0 Å². The van der Waals surface area contributed by atoms with Gasteiger partial charge in [0.25, 0.3) is 0 Å². The van der Waals surface area contributed by atoms with E-state index in [1.807, 2.05) is 25.2 Å². The molecule has 1 N–H and O–H groups in total. The lowest BCUT2D eigenvalue weighted by atomic mass is 10.2. The van der Waals surface area contributed by atoms with Gasteiger partial charge in [-0.2, -0.15) is 4.80 Å². The van der Waals surface area contributed by atoms with E-state index in [0.717, 1.165) is 12.1 Å². The van der Waals surface area contributed by atoms with Gasteiger partial charge in [-0.05, 0) is 30.0 Å². The van der Waals surface area contributed by atoms with E-state index < -0.39 is 0 Å². The van der Waals surface area contributed by atoms with Crippen molar-refractivity contribution in [2.75, 3.05) is 7.05 Å². The van der Waals surface area contributed by atoms with Crippen LogP contribution in [-0.4, -0.2) is 27.3 Å². The molecule has 7 heteroatoms. The Morgan fingerprint density at radius 2 is 2.28 bits per heavy atom. The molecule has 0 atom stereocenters. The van der Waals surface area contributed by atoms with Crippen molar-refractivity contribution in [3.63, 3.8) is 0 Å². The van der Waals surface area contributed by atoms with Crippen molar-refractivity contribution in [3.8, 4) is 5.75 Å². The average Bonchev–Trinajstić information content (AvgIpc) is 2.74. The van der Waals surface area contributed by atoms with Gasteiger partial charge in [0.2, 0.25) is 5.82 Å². The van der Waals surface area contributed by atoms with E-state index in [1.54, 1.807) is 7.05 Å². The Labute approximate surface area is 110 Å². The molecule has 0 spiro atoms. The molecule has 0 saturated carbocycles. The summed E-state index contributed by atoms with van der Waals surface area (Å²) in [6.07, 6.45) is 0. The van der Waals surface area contributed by atoms with Crippen molar-refractivity contribution in [3.05, 3.63) is 34.6 Å². The third-order valence-electron chi connectivity index (χ3n) is 2.28. The highest BCUT2D eigenvalue weighted by Gasteiger charge is 2.06. The molecular formula is C11H14ClN5O. The summed E-state index contributed by atoms with van der Waals surface area (Å²) in [4.78, 5) is 1.39. The van der Waals surface area contributed by atoms with Crippen LogP contribution < -0.4 is 10.1 Å². The molecule has 0 saturated heterocycles. The van der Waals surface area contributed by atoms with Crippen LogP contribution in [0.1, 0.15) is 11.4 Å². The summed E-state index contributed by atoms with van der Waals surface area (Å²) in [6, 6.07) is 5.67. The zero-order valence-corrected chi connectivity index (χ0v) is 11.0.